The van der Waals surface area contributed by atoms with Crippen LogP contribution in [0.5, 0.6) is 0 Å². The van der Waals surface area contributed by atoms with Crippen LogP contribution < -0.4 is 0 Å². The minimum absolute atomic E-state index is 0.0331. The maximum absolute atomic E-state index is 11.9. The van der Waals surface area contributed by atoms with Gasteiger partial charge in [-0.25, -0.2) is 0 Å². The first kappa shape index (κ1) is 9.16. The lowest BCUT2D eigenvalue weighted by molar-refractivity contribution is 0.0875. The van der Waals surface area contributed by atoms with Gasteiger partial charge < -0.3 is 4.90 Å². The van der Waals surface area contributed by atoms with Gasteiger partial charge in [-0.1, -0.05) is 30.8 Å². The monoisotopic (exact) mass is 209 g/mol. The first-order valence-electron chi connectivity index (χ1n) is 5.18. The van der Waals surface area contributed by atoms with Crippen LogP contribution in [0.2, 0.25) is 0 Å². The highest BCUT2D eigenvalue weighted by molar-refractivity contribution is 6.11. The third-order valence-corrected chi connectivity index (χ3v) is 3.14. The zero-order valence-corrected chi connectivity index (χ0v) is 9.03. The molecule has 1 aliphatic heterocycles. The SMILES string of the molecule is C=C1c2cc3ccccc3cc2C(=O)N1C. The largest absolute Gasteiger partial charge is 0.311 e. The molecule has 0 radical (unpaired) electrons. The van der Waals surface area contributed by atoms with Crippen LogP contribution in [0.1, 0.15) is 15.9 Å². The van der Waals surface area contributed by atoms with Gasteiger partial charge in [0, 0.05) is 23.9 Å². The van der Waals surface area contributed by atoms with Gasteiger partial charge in [0.05, 0.1) is 0 Å². The number of amides is 1. The fourth-order valence-corrected chi connectivity index (χ4v) is 2.14. The molecular formula is C14H11NO. The quantitative estimate of drug-likeness (QED) is 0.653. The van der Waals surface area contributed by atoms with E-state index in [-0.39, 0.29) is 5.91 Å². The van der Waals surface area contributed by atoms with Gasteiger partial charge in [0.15, 0.2) is 0 Å². The van der Waals surface area contributed by atoms with Crippen LogP contribution >= 0.6 is 0 Å². The summed E-state index contributed by atoms with van der Waals surface area (Å²) in [6, 6.07) is 12.0. The van der Waals surface area contributed by atoms with E-state index in [1.807, 2.05) is 36.4 Å². The van der Waals surface area contributed by atoms with Crippen molar-refractivity contribution in [2.24, 2.45) is 0 Å². The van der Waals surface area contributed by atoms with E-state index in [2.05, 4.69) is 6.58 Å². The first-order valence-corrected chi connectivity index (χ1v) is 5.18. The number of rotatable bonds is 0. The molecule has 0 N–H and O–H groups in total. The standard InChI is InChI=1S/C14H11NO/c1-9-12-7-10-5-3-4-6-11(10)8-13(12)14(16)15(9)2/h3-8H,1H2,2H3. The lowest BCUT2D eigenvalue weighted by Gasteiger charge is -2.08. The van der Waals surface area contributed by atoms with Crippen molar-refractivity contribution in [3.8, 4) is 0 Å². The summed E-state index contributed by atoms with van der Waals surface area (Å²) in [6.07, 6.45) is 0. The molecule has 0 aliphatic carbocycles. The maximum Gasteiger partial charge on any atom is 0.258 e. The Morgan fingerprint density at radius 3 is 2.25 bits per heavy atom. The van der Waals surface area contributed by atoms with Crippen molar-refractivity contribution in [2.75, 3.05) is 7.05 Å². The minimum atomic E-state index is 0.0331. The molecule has 0 atom stereocenters. The first-order chi connectivity index (χ1) is 7.68. The Morgan fingerprint density at radius 2 is 1.62 bits per heavy atom. The molecule has 0 bridgehead atoms. The molecule has 0 saturated carbocycles. The van der Waals surface area contributed by atoms with E-state index in [9.17, 15) is 4.79 Å². The Bertz CT molecular complexity index is 573. The van der Waals surface area contributed by atoms with Crippen molar-refractivity contribution in [3.63, 3.8) is 0 Å². The Labute approximate surface area is 93.8 Å². The van der Waals surface area contributed by atoms with Crippen LogP contribution in [0.4, 0.5) is 0 Å². The summed E-state index contributed by atoms with van der Waals surface area (Å²) in [4.78, 5) is 13.5. The highest BCUT2D eigenvalue weighted by atomic mass is 16.2. The predicted molar refractivity (Wildman–Crippen MR) is 65.1 cm³/mol. The summed E-state index contributed by atoms with van der Waals surface area (Å²) < 4.78 is 0. The van der Waals surface area contributed by atoms with E-state index >= 15 is 0 Å². The third-order valence-electron chi connectivity index (χ3n) is 3.14. The van der Waals surface area contributed by atoms with E-state index in [0.29, 0.717) is 0 Å². The molecule has 0 unspecified atom stereocenters. The summed E-state index contributed by atoms with van der Waals surface area (Å²) in [6.45, 7) is 3.94. The molecule has 3 rings (SSSR count). The predicted octanol–water partition coefficient (Wildman–Crippen LogP) is 2.90. The van der Waals surface area contributed by atoms with Gasteiger partial charge in [-0.2, -0.15) is 0 Å². The zero-order chi connectivity index (χ0) is 11.3. The van der Waals surface area contributed by atoms with Gasteiger partial charge in [-0.3, -0.25) is 4.79 Å². The van der Waals surface area contributed by atoms with Crippen LogP contribution in [-0.4, -0.2) is 17.9 Å². The van der Waals surface area contributed by atoms with E-state index < -0.39 is 0 Å². The van der Waals surface area contributed by atoms with Gasteiger partial charge in [0.2, 0.25) is 0 Å². The Hall–Kier alpha value is -2.09. The van der Waals surface area contributed by atoms with Gasteiger partial charge in [-0.15, -0.1) is 0 Å². The lowest BCUT2D eigenvalue weighted by atomic mass is 10.0. The highest BCUT2D eigenvalue weighted by Gasteiger charge is 2.28. The molecule has 0 spiro atoms. The number of hydrogen-bond acceptors (Lipinski definition) is 1. The average Bonchev–Trinajstić information content (AvgIpc) is 2.52. The number of benzene rings is 2. The van der Waals surface area contributed by atoms with Gasteiger partial charge in [0.25, 0.3) is 5.91 Å². The molecule has 0 fully saturated rings. The lowest BCUT2D eigenvalue weighted by Crippen LogP contribution is -2.16. The van der Waals surface area contributed by atoms with Crippen molar-refractivity contribution in [1.82, 2.24) is 4.90 Å². The molecular weight excluding hydrogens is 198 g/mol. The summed E-state index contributed by atoms with van der Waals surface area (Å²) in [5.74, 6) is 0.0331. The Kier molecular flexibility index (Phi) is 1.69. The fourth-order valence-electron chi connectivity index (χ4n) is 2.14. The smallest absolute Gasteiger partial charge is 0.258 e. The van der Waals surface area contributed by atoms with E-state index in [4.69, 9.17) is 0 Å². The van der Waals surface area contributed by atoms with Gasteiger partial charge in [-0.05, 0) is 22.9 Å². The zero-order valence-electron chi connectivity index (χ0n) is 9.03. The molecule has 78 valence electrons. The minimum Gasteiger partial charge on any atom is -0.311 e. The van der Waals surface area contributed by atoms with Crippen molar-refractivity contribution in [3.05, 3.63) is 54.1 Å². The van der Waals surface area contributed by atoms with Gasteiger partial charge in [0.1, 0.15) is 0 Å². The molecule has 2 aromatic rings. The maximum atomic E-state index is 11.9. The van der Waals surface area contributed by atoms with E-state index in [1.165, 1.54) is 0 Å². The Morgan fingerprint density at radius 1 is 1.06 bits per heavy atom. The summed E-state index contributed by atoms with van der Waals surface area (Å²) >= 11 is 0. The molecule has 2 nitrogen and oxygen atoms in total. The topological polar surface area (TPSA) is 20.3 Å². The van der Waals surface area contributed by atoms with Crippen LogP contribution in [0.15, 0.2) is 43.0 Å². The molecule has 2 heteroatoms. The molecule has 1 amide bonds. The van der Waals surface area contributed by atoms with Gasteiger partial charge >= 0.3 is 0 Å². The Balaban J connectivity index is 2.38. The van der Waals surface area contributed by atoms with Crippen molar-refractivity contribution < 1.29 is 4.79 Å². The van der Waals surface area contributed by atoms with Crippen LogP contribution in [0.3, 0.4) is 0 Å². The summed E-state index contributed by atoms with van der Waals surface area (Å²) in [5.41, 5.74) is 2.49. The van der Waals surface area contributed by atoms with E-state index in [0.717, 1.165) is 27.6 Å². The van der Waals surface area contributed by atoms with Crippen LogP contribution in [0, 0.1) is 0 Å². The number of nitrogens with zero attached hydrogens (tertiary/aromatic N) is 1. The molecule has 16 heavy (non-hydrogen) atoms. The van der Waals surface area contributed by atoms with Crippen molar-refractivity contribution in [2.45, 2.75) is 0 Å². The van der Waals surface area contributed by atoms with Crippen LogP contribution in [0.25, 0.3) is 16.5 Å². The van der Waals surface area contributed by atoms with Crippen molar-refractivity contribution >= 4 is 22.4 Å². The van der Waals surface area contributed by atoms with Crippen molar-refractivity contribution in [1.29, 1.82) is 0 Å². The molecule has 1 aliphatic rings. The molecule has 1 heterocycles. The average molecular weight is 209 g/mol. The van der Waals surface area contributed by atoms with Crippen LogP contribution in [-0.2, 0) is 0 Å². The summed E-state index contributed by atoms with van der Waals surface area (Å²) in [5, 5.41) is 2.24. The summed E-state index contributed by atoms with van der Waals surface area (Å²) in [7, 11) is 1.76. The second kappa shape index (κ2) is 2.95. The third kappa shape index (κ3) is 1.04. The fraction of sp³-hybridized carbons (Fsp3) is 0.0714. The second-order valence-corrected chi connectivity index (χ2v) is 4.06. The highest BCUT2D eigenvalue weighted by Crippen LogP contribution is 2.33. The number of hydrogen-bond donors (Lipinski definition) is 0. The molecule has 0 saturated heterocycles. The number of carbonyl (C=O) groups is 1. The van der Waals surface area contributed by atoms with E-state index in [1.54, 1.807) is 11.9 Å². The molecule has 0 aromatic heterocycles. The normalized spacial score (nSPS) is 14.7. The second-order valence-electron chi connectivity index (χ2n) is 4.06. The number of fused-ring (bicyclic) bond motifs is 2. The molecule has 2 aromatic carbocycles. The number of carbonyl (C=O) groups excluding carboxylic acids is 1.